The van der Waals surface area contributed by atoms with Gasteiger partial charge in [0.1, 0.15) is 11.4 Å². The molecule has 1 amide bonds. The maximum Gasteiger partial charge on any atom is 0.409 e. The first-order valence-corrected chi connectivity index (χ1v) is 12.9. The number of amides is 1. The number of hydrogen-bond donors (Lipinski definition) is 0. The Morgan fingerprint density at radius 3 is 2.71 bits per heavy atom. The Hall–Kier alpha value is -3.85. The first-order chi connectivity index (χ1) is 18.5. The van der Waals surface area contributed by atoms with Crippen LogP contribution in [0.15, 0.2) is 54.9 Å². The Balaban J connectivity index is 1.40. The summed E-state index contributed by atoms with van der Waals surface area (Å²) in [6, 6.07) is 11.9. The minimum atomic E-state index is -0.565. The average molecular weight is 539 g/mol. The molecule has 1 saturated heterocycles. The largest absolute Gasteiger partial charge is 0.494 e. The molecule has 0 bridgehead atoms. The van der Waals surface area contributed by atoms with E-state index in [0.29, 0.717) is 36.2 Å². The van der Waals surface area contributed by atoms with E-state index in [4.69, 9.17) is 30.9 Å². The lowest BCUT2D eigenvalue weighted by Crippen LogP contribution is -2.30. The zero-order valence-electron chi connectivity index (χ0n) is 21.2. The number of halogens is 2. The zero-order valence-corrected chi connectivity index (χ0v) is 21.9. The number of likely N-dealkylation sites (tertiary alicyclic amines) is 1. The van der Waals surface area contributed by atoms with Gasteiger partial charge < -0.3 is 19.1 Å². The molecule has 2 aromatic carbocycles. The molecule has 0 saturated carbocycles. The predicted octanol–water partition coefficient (Wildman–Crippen LogP) is 6.88. The Labute approximate surface area is 224 Å². The Bertz CT molecular complexity index is 1440. The second kappa shape index (κ2) is 11.3. The zero-order chi connectivity index (χ0) is 26.6. The molecule has 1 fully saturated rings. The maximum atomic E-state index is 14.5. The monoisotopic (exact) mass is 538 g/mol. The molecular weight excluding hydrogens is 511 g/mol. The van der Waals surface area contributed by atoms with Crippen LogP contribution in [-0.2, 0) is 4.74 Å². The summed E-state index contributed by atoms with van der Waals surface area (Å²) in [6.45, 7) is 3.55. The van der Waals surface area contributed by atoms with Gasteiger partial charge in [0.15, 0.2) is 11.5 Å². The molecule has 10 heteroatoms. The fourth-order valence-electron chi connectivity index (χ4n) is 4.56. The number of aromatic nitrogens is 3. The van der Waals surface area contributed by atoms with Gasteiger partial charge in [0.25, 0.3) is 0 Å². The van der Waals surface area contributed by atoms with Crippen LogP contribution in [0.4, 0.5) is 9.18 Å². The summed E-state index contributed by atoms with van der Waals surface area (Å²) >= 11 is 6.59. The number of pyridine rings is 1. The molecule has 2 aromatic heterocycles. The number of carbonyl (C=O) groups is 1. The number of benzene rings is 2. The van der Waals surface area contributed by atoms with Crippen LogP contribution in [0.3, 0.4) is 0 Å². The number of ether oxygens (including phenoxy) is 3. The van der Waals surface area contributed by atoms with Gasteiger partial charge in [0.2, 0.25) is 5.82 Å². The Kier molecular flexibility index (Phi) is 7.64. The first kappa shape index (κ1) is 25.8. The number of hydrogen-bond acceptors (Lipinski definition) is 6. The smallest absolute Gasteiger partial charge is 0.409 e. The molecule has 1 unspecified atom stereocenters. The van der Waals surface area contributed by atoms with Crippen molar-refractivity contribution >= 4 is 28.6 Å². The Morgan fingerprint density at radius 1 is 1.16 bits per heavy atom. The van der Waals surface area contributed by atoms with E-state index in [2.05, 4.69) is 11.9 Å². The SMILES string of the molecule is CCCCOC(=O)N1CCC(n2nc(-c3ccc(Oc4cccc(OC)c4F)cc3)c3cncc(Cl)c32)C1. The van der Waals surface area contributed by atoms with Crippen molar-refractivity contribution in [3.05, 3.63) is 65.7 Å². The molecule has 1 aliphatic heterocycles. The van der Waals surface area contributed by atoms with E-state index in [9.17, 15) is 9.18 Å². The minimum absolute atomic E-state index is 0.0523. The number of unbranched alkanes of at least 4 members (excludes halogenated alkanes) is 1. The van der Waals surface area contributed by atoms with Crippen molar-refractivity contribution in [1.82, 2.24) is 19.7 Å². The number of carbonyl (C=O) groups excluding carboxylic acids is 1. The number of rotatable bonds is 8. The number of nitrogens with zero attached hydrogens (tertiary/aromatic N) is 4. The van der Waals surface area contributed by atoms with Gasteiger partial charge >= 0.3 is 6.09 Å². The summed E-state index contributed by atoms with van der Waals surface area (Å²) in [6.07, 6.45) is 5.58. The van der Waals surface area contributed by atoms with Gasteiger partial charge in [-0.2, -0.15) is 9.49 Å². The van der Waals surface area contributed by atoms with Crippen LogP contribution in [-0.4, -0.2) is 52.6 Å². The third-order valence-electron chi connectivity index (χ3n) is 6.56. The van der Waals surface area contributed by atoms with E-state index >= 15 is 0 Å². The molecule has 0 N–H and O–H groups in total. The third-order valence-corrected chi connectivity index (χ3v) is 6.84. The van der Waals surface area contributed by atoms with Crippen molar-refractivity contribution in [2.24, 2.45) is 0 Å². The Morgan fingerprint density at radius 2 is 1.95 bits per heavy atom. The van der Waals surface area contributed by atoms with Gasteiger partial charge in [-0.3, -0.25) is 9.67 Å². The highest BCUT2D eigenvalue weighted by molar-refractivity contribution is 6.35. The second-order valence-corrected chi connectivity index (χ2v) is 9.47. The molecule has 0 spiro atoms. The highest BCUT2D eigenvalue weighted by Gasteiger charge is 2.31. The maximum absolute atomic E-state index is 14.5. The molecule has 1 atom stereocenters. The number of fused-ring (bicyclic) bond motifs is 1. The predicted molar refractivity (Wildman–Crippen MR) is 142 cm³/mol. The van der Waals surface area contributed by atoms with Crippen LogP contribution in [0.2, 0.25) is 5.02 Å². The van der Waals surface area contributed by atoms with E-state index in [1.807, 2.05) is 16.8 Å². The molecule has 0 aliphatic carbocycles. The van der Waals surface area contributed by atoms with Crippen molar-refractivity contribution in [2.75, 3.05) is 26.8 Å². The van der Waals surface area contributed by atoms with Crippen molar-refractivity contribution < 1.29 is 23.4 Å². The van der Waals surface area contributed by atoms with Crippen LogP contribution in [0.1, 0.15) is 32.2 Å². The van der Waals surface area contributed by atoms with Gasteiger partial charge in [-0.25, -0.2) is 4.79 Å². The van der Waals surface area contributed by atoms with Gasteiger partial charge in [0, 0.05) is 36.4 Å². The molecule has 0 radical (unpaired) electrons. The lowest BCUT2D eigenvalue weighted by Gasteiger charge is -2.17. The average Bonchev–Trinajstić information content (AvgIpc) is 3.57. The van der Waals surface area contributed by atoms with E-state index in [1.54, 1.807) is 41.6 Å². The highest BCUT2D eigenvalue weighted by atomic mass is 35.5. The molecule has 198 valence electrons. The molecule has 4 aromatic rings. The van der Waals surface area contributed by atoms with E-state index < -0.39 is 5.82 Å². The lowest BCUT2D eigenvalue weighted by molar-refractivity contribution is 0.108. The summed E-state index contributed by atoms with van der Waals surface area (Å²) in [5.41, 5.74) is 2.30. The summed E-state index contributed by atoms with van der Waals surface area (Å²) in [7, 11) is 1.41. The highest BCUT2D eigenvalue weighted by Crippen LogP contribution is 2.37. The van der Waals surface area contributed by atoms with Gasteiger partial charge in [-0.1, -0.05) is 31.0 Å². The topological polar surface area (TPSA) is 78.7 Å². The summed E-state index contributed by atoms with van der Waals surface area (Å²) in [5, 5.41) is 6.20. The van der Waals surface area contributed by atoms with Crippen molar-refractivity contribution in [2.45, 2.75) is 32.2 Å². The van der Waals surface area contributed by atoms with E-state index in [1.165, 1.54) is 13.2 Å². The minimum Gasteiger partial charge on any atom is -0.494 e. The van der Waals surface area contributed by atoms with Crippen molar-refractivity contribution in [3.8, 4) is 28.5 Å². The second-order valence-electron chi connectivity index (χ2n) is 9.07. The normalized spacial score (nSPS) is 15.2. The van der Waals surface area contributed by atoms with Crippen molar-refractivity contribution in [3.63, 3.8) is 0 Å². The quantitative estimate of drug-likeness (QED) is 0.228. The van der Waals surface area contributed by atoms with Crippen molar-refractivity contribution in [1.29, 1.82) is 0 Å². The summed E-state index contributed by atoms with van der Waals surface area (Å²) < 4.78 is 32.6. The summed E-state index contributed by atoms with van der Waals surface area (Å²) in [4.78, 5) is 18.5. The van der Waals surface area contributed by atoms with Crippen LogP contribution < -0.4 is 9.47 Å². The van der Waals surface area contributed by atoms with Crippen LogP contribution in [0.5, 0.6) is 17.2 Å². The molecule has 1 aliphatic rings. The van der Waals surface area contributed by atoms with E-state index in [0.717, 1.165) is 35.7 Å². The van der Waals surface area contributed by atoms with E-state index in [-0.39, 0.29) is 23.6 Å². The van der Waals surface area contributed by atoms with Gasteiger partial charge in [-0.05, 0) is 49.2 Å². The standard InChI is InChI=1S/C28H28ClFN4O4/c1-3-4-14-37-28(35)33-13-12-19(17-33)34-27-21(15-31-16-22(27)29)26(32-34)18-8-10-20(11-9-18)38-24-7-5-6-23(36-2)25(24)30/h5-11,15-16,19H,3-4,12-14,17H2,1-2H3. The van der Waals surface area contributed by atoms with Crippen LogP contribution in [0.25, 0.3) is 22.2 Å². The molecule has 3 heterocycles. The number of methoxy groups -OCH3 is 1. The first-order valence-electron chi connectivity index (χ1n) is 12.5. The van der Waals surface area contributed by atoms with Crippen LogP contribution >= 0.6 is 11.6 Å². The fourth-order valence-corrected chi connectivity index (χ4v) is 4.81. The molecular formula is C28H28ClFN4O4. The lowest BCUT2D eigenvalue weighted by atomic mass is 10.1. The molecule has 8 nitrogen and oxygen atoms in total. The van der Waals surface area contributed by atoms with Gasteiger partial charge in [0.05, 0.1) is 30.3 Å². The summed E-state index contributed by atoms with van der Waals surface area (Å²) in [5.74, 6) is 0.0835. The van der Waals surface area contributed by atoms with Gasteiger partial charge in [-0.15, -0.1) is 0 Å². The van der Waals surface area contributed by atoms with Crippen LogP contribution in [0, 0.1) is 5.82 Å². The fraction of sp³-hybridized carbons (Fsp3) is 0.321. The molecule has 5 rings (SSSR count). The third kappa shape index (κ3) is 5.11. The molecule has 38 heavy (non-hydrogen) atoms.